The highest BCUT2D eigenvalue weighted by molar-refractivity contribution is 5.76. The van der Waals surface area contributed by atoms with Crippen LogP contribution in [0.2, 0.25) is 0 Å². The van der Waals surface area contributed by atoms with Crippen molar-refractivity contribution in [1.29, 1.82) is 0 Å². The Labute approximate surface area is 50.5 Å². The van der Waals surface area contributed by atoms with Crippen molar-refractivity contribution in [2.24, 2.45) is 0 Å². The summed E-state index contributed by atoms with van der Waals surface area (Å²) >= 11 is 0. The Morgan fingerprint density at radius 2 is 1.89 bits per heavy atom. The van der Waals surface area contributed by atoms with Gasteiger partial charge in [0.1, 0.15) is 6.61 Å². The Kier molecular flexibility index (Phi) is 13.0. The largest absolute Gasteiger partial charge is 0.297 e. The zero-order valence-electron chi connectivity index (χ0n) is 4.86. The number of hydrogen-bond acceptors (Lipinski definition) is 2. The molecule has 0 saturated heterocycles. The molecule has 0 atom stereocenters. The van der Waals surface area contributed by atoms with E-state index in [1.807, 2.05) is 0 Å². The maximum absolute atomic E-state index is 10.5. The summed E-state index contributed by atoms with van der Waals surface area (Å²) < 4.78 is 29.8. The van der Waals surface area contributed by atoms with Crippen LogP contribution >= 0.6 is 0 Å². The van der Waals surface area contributed by atoms with Crippen LogP contribution in [0.15, 0.2) is 0 Å². The summed E-state index contributed by atoms with van der Waals surface area (Å²) in [6, 6.07) is 0. The Bertz CT molecular complexity index is 66.8. The minimum atomic E-state index is -1.75. The van der Waals surface area contributed by atoms with E-state index >= 15 is 0 Å². The lowest BCUT2D eigenvalue weighted by Crippen LogP contribution is -1.96. The van der Waals surface area contributed by atoms with Crippen molar-refractivity contribution >= 4 is 5.78 Å². The molecule has 0 radical (unpaired) electrons. The first-order valence-corrected chi connectivity index (χ1v) is 2.04. The highest BCUT2D eigenvalue weighted by Crippen LogP contribution is 1.71. The molecular formula is C4H7F3O2. The zero-order chi connectivity index (χ0) is 7.70. The fourth-order valence-corrected chi connectivity index (χ4v) is 0.0768. The number of hydrogen-bond donors (Lipinski definition) is 0. The first-order valence-electron chi connectivity index (χ1n) is 2.04. The SMILES string of the molecule is CC(=O)COF.FCF. The van der Waals surface area contributed by atoms with Crippen molar-refractivity contribution in [3.63, 3.8) is 0 Å². The number of rotatable bonds is 2. The molecule has 0 rings (SSSR count). The van der Waals surface area contributed by atoms with Gasteiger partial charge in [-0.1, -0.05) is 0 Å². The van der Waals surface area contributed by atoms with Crippen LogP contribution in [0.1, 0.15) is 6.92 Å². The standard InChI is InChI=1S/C3H5FO2.CH2F2/c1-3(5)2-6-4;2-1-3/h2H2,1H3;1H2. The molecule has 0 aromatic heterocycles. The van der Waals surface area contributed by atoms with Gasteiger partial charge in [0.2, 0.25) is 6.93 Å². The lowest BCUT2D eigenvalue weighted by Gasteiger charge is -1.78. The molecule has 5 heteroatoms. The van der Waals surface area contributed by atoms with Crippen LogP contribution in [0.25, 0.3) is 0 Å². The van der Waals surface area contributed by atoms with Crippen molar-refractivity contribution in [3.05, 3.63) is 0 Å². The van der Waals surface area contributed by atoms with Crippen LogP contribution in [0, 0.1) is 0 Å². The normalized spacial score (nSPS) is 7.56. The predicted molar refractivity (Wildman–Crippen MR) is 24.8 cm³/mol. The van der Waals surface area contributed by atoms with Crippen molar-refractivity contribution in [3.8, 4) is 0 Å². The van der Waals surface area contributed by atoms with E-state index in [1.165, 1.54) is 6.92 Å². The Hall–Kier alpha value is -0.580. The second kappa shape index (κ2) is 10.4. The van der Waals surface area contributed by atoms with E-state index < -0.39 is 13.5 Å². The number of carbonyl (C=O) groups excluding carboxylic acids is 1. The van der Waals surface area contributed by atoms with Gasteiger partial charge in [-0.3, -0.25) is 4.79 Å². The molecule has 0 aliphatic rings. The molecule has 0 bridgehead atoms. The van der Waals surface area contributed by atoms with Gasteiger partial charge < -0.3 is 0 Å². The van der Waals surface area contributed by atoms with E-state index in [2.05, 4.69) is 4.94 Å². The quantitative estimate of drug-likeness (QED) is 0.584. The molecule has 0 aromatic rings. The fraction of sp³-hybridized carbons (Fsp3) is 0.750. The molecule has 9 heavy (non-hydrogen) atoms. The molecule has 0 amide bonds. The van der Waals surface area contributed by atoms with Gasteiger partial charge in [0.25, 0.3) is 0 Å². The molecule has 0 fully saturated rings. The van der Waals surface area contributed by atoms with Gasteiger partial charge >= 0.3 is 0 Å². The van der Waals surface area contributed by atoms with Crippen molar-refractivity contribution in [2.75, 3.05) is 13.5 Å². The van der Waals surface area contributed by atoms with Crippen molar-refractivity contribution in [2.45, 2.75) is 6.92 Å². The molecule has 0 aliphatic heterocycles. The minimum absolute atomic E-state index is 0.308. The summed E-state index contributed by atoms with van der Waals surface area (Å²) in [4.78, 5) is 12.6. The van der Waals surface area contributed by atoms with Crippen molar-refractivity contribution < 1.29 is 23.0 Å². The van der Waals surface area contributed by atoms with Crippen LogP contribution in [0.4, 0.5) is 13.3 Å². The highest BCUT2D eigenvalue weighted by atomic mass is 19.3. The molecule has 0 N–H and O–H groups in total. The molecule has 0 unspecified atom stereocenters. The first-order chi connectivity index (χ1) is 4.18. The Morgan fingerprint density at radius 1 is 1.56 bits per heavy atom. The van der Waals surface area contributed by atoms with Gasteiger partial charge in [-0.25, -0.2) is 8.78 Å². The van der Waals surface area contributed by atoms with Gasteiger partial charge in [0, 0.05) is 0 Å². The second-order valence-corrected chi connectivity index (χ2v) is 1.06. The number of Topliss-reactive ketones (excluding diaryl/α,β-unsaturated/α-hetero) is 1. The molecule has 2 nitrogen and oxygen atoms in total. The van der Waals surface area contributed by atoms with Gasteiger partial charge in [-0.2, -0.15) is 4.94 Å². The minimum Gasteiger partial charge on any atom is -0.297 e. The third-order valence-electron chi connectivity index (χ3n) is 0.258. The number of ketones is 1. The van der Waals surface area contributed by atoms with E-state index in [9.17, 15) is 18.1 Å². The highest BCUT2D eigenvalue weighted by Gasteiger charge is 1.87. The maximum Gasteiger partial charge on any atom is 0.229 e. The average Bonchev–Trinajstić information content (AvgIpc) is 1.67. The maximum atomic E-state index is 10.5. The molecule has 0 aromatic carbocycles. The Morgan fingerprint density at radius 3 is 1.89 bits per heavy atom. The monoisotopic (exact) mass is 144 g/mol. The van der Waals surface area contributed by atoms with Gasteiger partial charge in [0.15, 0.2) is 5.78 Å². The second-order valence-electron chi connectivity index (χ2n) is 1.06. The van der Waals surface area contributed by atoms with E-state index in [1.54, 1.807) is 0 Å². The van der Waals surface area contributed by atoms with Gasteiger partial charge in [-0.05, 0) is 11.4 Å². The summed E-state index contributed by atoms with van der Waals surface area (Å²) in [5, 5.41) is 0. The van der Waals surface area contributed by atoms with Crippen LogP contribution in [0.5, 0.6) is 0 Å². The lowest BCUT2D eigenvalue weighted by molar-refractivity contribution is -0.153. The third-order valence-corrected chi connectivity index (χ3v) is 0.258. The summed E-state index contributed by atoms with van der Waals surface area (Å²) in [6.07, 6.45) is 0. The topological polar surface area (TPSA) is 26.3 Å². The molecule has 56 valence electrons. The summed E-state index contributed by atoms with van der Waals surface area (Å²) in [6.45, 7) is -0.931. The summed E-state index contributed by atoms with van der Waals surface area (Å²) in [7, 11) is 0. The Balaban J connectivity index is 0. The van der Waals surface area contributed by atoms with E-state index in [4.69, 9.17) is 0 Å². The molecule has 0 saturated carbocycles. The summed E-state index contributed by atoms with van der Waals surface area (Å²) in [5.74, 6) is -0.308. The number of halogens is 3. The summed E-state index contributed by atoms with van der Waals surface area (Å²) in [5.41, 5.74) is 0. The smallest absolute Gasteiger partial charge is 0.229 e. The van der Waals surface area contributed by atoms with Crippen LogP contribution in [0.3, 0.4) is 0 Å². The van der Waals surface area contributed by atoms with Crippen LogP contribution in [-0.4, -0.2) is 19.3 Å². The number of alkyl halides is 2. The zero-order valence-corrected chi connectivity index (χ0v) is 4.86. The van der Waals surface area contributed by atoms with E-state index in [0.717, 1.165) is 0 Å². The van der Waals surface area contributed by atoms with E-state index in [0.29, 0.717) is 0 Å². The first kappa shape index (κ1) is 11.2. The van der Waals surface area contributed by atoms with Gasteiger partial charge in [-0.15, -0.1) is 0 Å². The number of carbonyl (C=O) groups is 1. The molecule has 0 heterocycles. The molecule has 0 spiro atoms. The lowest BCUT2D eigenvalue weighted by atomic mass is 10.5. The molecule has 0 aliphatic carbocycles. The van der Waals surface area contributed by atoms with E-state index in [-0.39, 0.29) is 5.78 Å². The average molecular weight is 144 g/mol. The predicted octanol–water partition coefficient (Wildman–Crippen LogP) is 1.36. The third kappa shape index (κ3) is 37.2. The van der Waals surface area contributed by atoms with Gasteiger partial charge in [0.05, 0.1) is 0 Å². The fourth-order valence-electron chi connectivity index (χ4n) is 0.0768. The molecular weight excluding hydrogens is 137 g/mol. The van der Waals surface area contributed by atoms with Crippen molar-refractivity contribution in [1.82, 2.24) is 0 Å². The van der Waals surface area contributed by atoms with Crippen LogP contribution in [-0.2, 0) is 9.74 Å². The van der Waals surface area contributed by atoms with Crippen LogP contribution < -0.4 is 0 Å².